The van der Waals surface area contributed by atoms with Gasteiger partial charge in [-0.15, -0.1) is 0 Å². The van der Waals surface area contributed by atoms with Crippen LogP contribution in [0.1, 0.15) is 10.4 Å². The zero-order chi connectivity index (χ0) is 14.1. The van der Waals surface area contributed by atoms with Crippen molar-refractivity contribution < 1.29 is 61.3 Å². The third-order valence-electron chi connectivity index (χ3n) is 2.97. The minimum Gasteiger partial charge on any atom is -0.545 e. The Hall–Kier alpha value is -0.634. The van der Waals surface area contributed by atoms with Crippen LogP contribution in [0.15, 0.2) is 53.3 Å². The van der Waals surface area contributed by atoms with E-state index in [1.807, 2.05) is 6.07 Å². The summed E-state index contributed by atoms with van der Waals surface area (Å²) in [5.74, 6) is -1.22. The third kappa shape index (κ3) is 3.58. The SMILES string of the molecule is O=C([O-])c1cc(-c2ccncc2)nc2ccc(Br)cc12.[K+]. The van der Waals surface area contributed by atoms with Crippen molar-refractivity contribution >= 4 is 32.8 Å². The first-order valence-corrected chi connectivity index (χ1v) is 6.66. The maximum absolute atomic E-state index is 11.3. The second kappa shape index (κ2) is 7.08. The molecule has 0 aliphatic carbocycles. The summed E-state index contributed by atoms with van der Waals surface area (Å²) in [6.45, 7) is 0. The number of carboxylic acid groups (broad SMARTS) is 1. The molecular formula is C15H8BrKN2O2. The van der Waals surface area contributed by atoms with Crippen molar-refractivity contribution in [3.63, 3.8) is 0 Å². The smallest absolute Gasteiger partial charge is 0.545 e. The van der Waals surface area contributed by atoms with E-state index < -0.39 is 5.97 Å². The van der Waals surface area contributed by atoms with E-state index in [1.54, 1.807) is 36.7 Å². The largest absolute Gasteiger partial charge is 1.00 e. The minimum atomic E-state index is -1.22. The monoisotopic (exact) mass is 366 g/mol. The number of aromatic nitrogens is 2. The van der Waals surface area contributed by atoms with Crippen LogP contribution >= 0.6 is 15.9 Å². The molecule has 0 bridgehead atoms. The zero-order valence-electron chi connectivity index (χ0n) is 11.2. The Morgan fingerprint density at radius 2 is 1.81 bits per heavy atom. The molecule has 0 atom stereocenters. The van der Waals surface area contributed by atoms with Gasteiger partial charge in [0.1, 0.15) is 0 Å². The summed E-state index contributed by atoms with van der Waals surface area (Å²) in [7, 11) is 0. The van der Waals surface area contributed by atoms with Crippen LogP contribution in [0.3, 0.4) is 0 Å². The van der Waals surface area contributed by atoms with Gasteiger partial charge in [-0.3, -0.25) is 4.98 Å². The number of rotatable bonds is 2. The summed E-state index contributed by atoms with van der Waals surface area (Å²) in [5.41, 5.74) is 2.14. The van der Waals surface area contributed by atoms with Gasteiger partial charge >= 0.3 is 51.4 Å². The molecule has 21 heavy (non-hydrogen) atoms. The molecule has 0 aliphatic heterocycles. The predicted octanol–water partition coefficient (Wildman–Crippen LogP) is -0.573. The van der Waals surface area contributed by atoms with Gasteiger partial charge in [0, 0.05) is 33.4 Å². The van der Waals surface area contributed by atoms with E-state index in [4.69, 9.17) is 0 Å². The minimum absolute atomic E-state index is 0. The number of nitrogens with zero attached hydrogens (tertiary/aromatic N) is 2. The second-order valence-electron chi connectivity index (χ2n) is 4.24. The van der Waals surface area contributed by atoms with Crippen LogP contribution in [0.4, 0.5) is 0 Å². The van der Waals surface area contributed by atoms with Gasteiger partial charge in [-0.1, -0.05) is 15.9 Å². The molecule has 2 heterocycles. The number of benzene rings is 1. The summed E-state index contributed by atoms with van der Waals surface area (Å²) in [4.78, 5) is 19.8. The van der Waals surface area contributed by atoms with Crippen LogP contribution in [0, 0.1) is 0 Å². The van der Waals surface area contributed by atoms with E-state index in [0.717, 1.165) is 10.0 Å². The van der Waals surface area contributed by atoms with Gasteiger partial charge in [0.25, 0.3) is 0 Å². The molecule has 0 unspecified atom stereocenters. The van der Waals surface area contributed by atoms with Crippen molar-refractivity contribution in [3.05, 3.63) is 58.8 Å². The van der Waals surface area contributed by atoms with Gasteiger partial charge in [0.15, 0.2) is 0 Å². The quantitative estimate of drug-likeness (QED) is 0.569. The number of carbonyl (C=O) groups excluding carboxylic acids is 1. The van der Waals surface area contributed by atoms with E-state index >= 15 is 0 Å². The summed E-state index contributed by atoms with van der Waals surface area (Å²) >= 11 is 3.33. The van der Waals surface area contributed by atoms with Crippen molar-refractivity contribution in [2.24, 2.45) is 0 Å². The molecule has 4 nitrogen and oxygen atoms in total. The summed E-state index contributed by atoms with van der Waals surface area (Å²) in [6, 6.07) is 10.4. The average Bonchev–Trinajstić information content (AvgIpc) is 2.47. The van der Waals surface area contributed by atoms with E-state index in [1.165, 1.54) is 6.07 Å². The Morgan fingerprint density at radius 1 is 1.10 bits per heavy atom. The molecule has 1 aromatic carbocycles. The van der Waals surface area contributed by atoms with Gasteiger partial charge < -0.3 is 9.90 Å². The molecule has 98 valence electrons. The Bertz CT molecular complexity index is 809. The molecule has 2 aromatic heterocycles. The van der Waals surface area contributed by atoms with Crippen molar-refractivity contribution in [3.8, 4) is 11.3 Å². The Morgan fingerprint density at radius 3 is 2.48 bits per heavy atom. The molecule has 3 rings (SSSR count). The van der Waals surface area contributed by atoms with Crippen LogP contribution in [-0.4, -0.2) is 15.9 Å². The van der Waals surface area contributed by atoms with Crippen LogP contribution in [0.5, 0.6) is 0 Å². The first-order valence-electron chi connectivity index (χ1n) is 5.87. The van der Waals surface area contributed by atoms with Crippen LogP contribution in [0.2, 0.25) is 0 Å². The number of halogens is 1. The maximum Gasteiger partial charge on any atom is 1.00 e. The molecule has 0 N–H and O–H groups in total. The maximum atomic E-state index is 11.3. The van der Waals surface area contributed by atoms with Crippen molar-refractivity contribution in [1.82, 2.24) is 9.97 Å². The van der Waals surface area contributed by atoms with E-state index in [2.05, 4.69) is 25.9 Å². The Labute approximate surface area is 172 Å². The Balaban J connectivity index is 0.00000161. The Kier molecular flexibility index (Phi) is 5.64. The van der Waals surface area contributed by atoms with Crippen LogP contribution in [0.25, 0.3) is 22.2 Å². The fraction of sp³-hybridized carbons (Fsp3) is 0. The topological polar surface area (TPSA) is 65.9 Å². The molecule has 0 amide bonds. The number of carbonyl (C=O) groups is 1. The number of hydrogen-bond donors (Lipinski definition) is 0. The number of pyridine rings is 2. The molecule has 0 radical (unpaired) electrons. The standard InChI is InChI=1S/C15H9BrN2O2.K/c16-10-1-2-13-11(7-10)12(15(19)20)8-14(18-13)9-3-5-17-6-4-9;/h1-8H,(H,19,20);/q;+1/p-1. The number of fused-ring (bicyclic) bond motifs is 1. The van der Waals surface area contributed by atoms with Gasteiger partial charge in [-0.25, -0.2) is 4.98 Å². The molecule has 0 saturated heterocycles. The average molecular weight is 367 g/mol. The van der Waals surface area contributed by atoms with Crippen molar-refractivity contribution in [2.75, 3.05) is 0 Å². The predicted molar refractivity (Wildman–Crippen MR) is 77.0 cm³/mol. The molecule has 0 spiro atoms. The molecule has 0 fully saturated rings. The summed E-state index contributed by atoms with van der Waals surface area (Å²) in [6.07, 6.45) is 3.28. The first-order chi connectivity index (χ1) is 9.65. The fourth-order valence-electron chi connectivity index (χ4n) is 2.04. The molecule has 6 heteroatoms. The second-order valence-corrected chi connectivity index (χ2v) is 5.16. The van der Waals surface area contributed by atoms with Gasteiger partial charge in [-0.05, 0) is 36.4 Å². The molecule has 3 aromatic rings. The number of hydrogen-bond acceptors (Lipinski definition) is 4. The van der Waals surface area contributed by atoms with E-state index in [0.29, 0.717) is 16.6 Å². The van der Waals surface area contributed by atoms with Gasteiger partial charge in [-0.2, -0.15) is 0 Å². The molecule has 0 saturated carbocycles. The molecular weight excluding hydrogens is 359 g/mol. The zero-order valence-corrected chi connectivity index (χ0v) is 15.9. The van der Waals surface area contributed by atoms with Crippen LogP contribution < -0.4 is 56.5 Å². The normalized spacial score (nSPS) is 10.1. The van der Waals surface area contributed by atoms with Gasteiger partial charge in [0.05, 0.1) is 17.2 Å². The fourth-order valence-corrected chi connectivity index (χ4v) is 2.40. The van der Waals surface area contributed by atoms with Gasteiger partial charge in [0.2, 0.25) is 0 Å². The summed E-state index contributed by atoms with van der Waals surface area (Å²) in [5, 5.41) is 11.9. The first kappa shape index (κ1) is 16.7. The molecule has 0 aliphatic rings. The third-order valence-corrected chi connectivity index (χ3v) is 3.46. The number of carboxylic acids is 1. The number of aromatic carboxylic acids is 1. The van der Waals surface area contributed by atoms with E-state index in [-0.39, 0.29) is 56.9 Å². The van der Waals surface area contributed by atoms with Crippen LogP contribution in [-0.2, 0) is 0 Å². The van der Waals surface area contributed by atoms with E-state index in [9.17, 15) is 9.90 Å². The van der Waals surface area contributed by atoms with Crippen molar-refractivity contribution in [1.29, 1.82) is 0 Å². The van der Waals surface area contributed by atoms with Crippen molar-refractivity contribution in [2.45, 2.75) is 0 Å². The summed E-state index contributed by atoms with van der Waals surface area (Å²) < 4.78 is 0.797.